The van der Waals surface area contributed by atoms with Crippen molar-refractivity contribution in [3.8, 4) is 5.75 Å². The summed E-state index contributed by atoms with van der Waals surface area (Å²) in [5.41, 5.74) is 1.19. The molecule has 0 fully saturated rings. The average Bonchev–Trinajstić information content (AvgIpc) is 2.15. The van der Waals surface area contributed by atoms with Gasteiger partial charge >= 0.3 is 0 Å². The van der Waals surface area contributed by atoms with E-state index in [1.54, 1.807) is 7.11 Å². The molecule has 14 heavy (non-hydrogen) atoms. The number of hydrogen-bond donors (Lipinski definition) is 0. The van der Waals surface area contributed by atoms with Gasteiger partial charge in [0.1, 0.15) is 5.75 Å². The standard InChI is InChI=1S/C11H15BrO2/c1-8(2)9-5-4-6-10(12)11(9)14-7-13-3/h4-6,8H,7H2,1-3H3. The van der Waals surface area contributed by atoms with E-state index in [1.165, 1.54) is 5.56 Å². The maximum atomic E-state index is 5.51. The molecule has 0 radical (unpaired) electrons. The van der Waals surface area contributed by atoms with Crippen LogP contribution in [0.2, 0.25) is 0 Å². The lowest BCUT2D eigenvalue weighted by atomic mass is 10.0. The Morgan fingerprint density at radius 3 is 2.64 bits per heavy atom. The fourth-order valence-electron chi connectivity index (χ4n) is 1.25. The lowest BCUT2D eigenvalue weighted by molar-refractivity contribution is 0.0497. The Hall–Kier alpha value is -0.540. The highest BCUT2D eigenvalue weighted by Crippen LogP contribution is 2.33. The number of benzene rings is 1. The van der Waals surface area contributed by atoms with Gasteiger partial charge in [0.05, 0.1) is 4.47 Å². The van der Waals surface area contributed by atoms with Crippen LogP contribution in [0.15, 0.2) is 22.7 Å². The Labute approximate surface area is 93.4 Å². The van der Waals surface area contributed by atoms with Gasteiger partial charge in [-0.1, -0.05) is 26.0 Å². The lowest BCUT2D eigenvalue weighted by Crippen LogP contribution is -2.03. The van der Waals surface area contributed by atoms with Gasteiger partial charge < -0.3 is 9.47 Å². The van der Waals surface area contributed by atoms with Crippen molar-refractivity contribution in [3.63, 3.8) is 0 Å². The molecule has 0 aliphatic carbocycles. The van der Waals surface area contributed by atoms with Gasteiger partial charge in [-0.2, -0.15) is 0 Å². The van der Waals surface area contributed by atoms with Crippen LogP contribution in [0.3, 0.4) is 0 Å². The summed E-state index contributed by atoms with van der Waals surface area (Å²) in [6, 6.07) is 6.05. The van der Waals surface area contributed by atoms with E-state index in [1.807, 2.05) is 12.1 Å². The first-order valence-corrected chi connectivity index (χ1v) is 5.36. The molecule has 0 aromatic heterocycles. The van der Waals surface area contributed by atoms with Crippen molar-refractivity contribution in [2.24, 2.45) is 0 Å². The van der Waals surface area contributed by atoms with E-state index in [0.29, 0.717) is 5.92 Å². The molecule has 0 unspecified atom stereocenters. The third-order valence-electron chi connectivity index (χ3n) is 1.94. The van der Waals surface area contributed by atoms with Crippen molar-refractivity contribution in [2.75, 3.05) is 13.9 Å². The molecule has 0 aliphatic heterocycles. The van der Waals surface area contributed by atoms with Gasteiger partial charge in [-0.3, -0.25) is 0 Å². The van der Waals surface area contributed by atoms with E-state index in [-0.39, 0.29) is 6.79 Å². The van der Waals surface area contributed by atoms with Gasteiger partial charge in [-0.25, -0.2) is 0 Å². The second-order valence-corrected chi connectivity index (χ2v) is 4.22. The molecule has 1 rings (SSSR count). The number of methoxy groups -OCH3 is 1. The van der Waals surface area contributed by atoms with Crippen LogP contribution in [0.5, 0.6) is 5.75 Å². The second-order valence-electron chi connectivity index (χ2n) is 3.36. The molecule has 0 saturated heterocycles. The van der Waals surface area contributed by atoms with Crippen molar-refractivity contribution in [2.45, 2.75) is 19.8 Å². The first-order valence-electron chi connectivity index (χ1n) is 4.57. The molecule has 0 amide bonds. The fraction of sp³-hybridized carbons (Fsp3) is 0.455. The Morgan fingerprint density at radius 1 is 1.36 bits per heavy atom. The summed E-state index contributed by atoms with van der Waals surface area (Å²) in [5, 5.41) is 0. The SMILES string of the molecule is COCOc1c(Br)cccc1C(C)C. The van der Waals surface area contributed by atoms with Gasteiger partial charge in [-0.05, 0) is 33.5 Å². The van der Waals surface area contributed by atoms with Crippen LogP contribution in [0, 0.1) is 0 Å². The zero-order valence-corrected chi connectivity index (χ0v) is 10.3. The van der Waals surface area contributed by atoms with Gasteiger partial charge in [0.15, 0.2) is 6.79 Å². The zero-order valence-electron chi connectivity index (χ0n) is 8.71. The van der Waals surface area contributed by atoms with Crippen LogP contribution in [0.1, 0.15) is 25.3 Å². The number of para-hydroxylation sites is 1. The summed E-state index contributed by atoms with van der Waals surface area (Å²) in [6.45, 7) is 4.56. The minimum absolute atomic E-state index is 0.280. The molecular formula is C11H15BrO2. The number of ether oxygens (including phenoxy) is 2. The number of rotatable bonds is 4. The van der Waals surface area contributed by atoms with Crippen LogP contribution < -0.4 is 4.74 Å². The highest BCUT2D eigenvalue weighted by Gasteiger charge is 2.10. The highest BCUT2D eigenvalue weighted by atomic mass is 79.9. The minimum Gasteiger partial charge on any atom is -0.466 e. The van der Waals surface area contributed by atoms with Crippen molar-refractivity contribution < 1.29 is 9.47 Å². The zero-order chi connectivity index (χ0) is 10.6. The fourth-order valence-corrected chi connectivity index (χ4v) is 1.75. The summed E-state index contributed by atoms with van der Waals surface area (Å²) in [4.78, 5) is 0. The van der Waals surface area contributed by atoms with Crippen LogP contribution in [-0.2, 0) is 4.74 Å². The monoisotopic (exact) mass is 258 g/mol. The molecule has 0 atom stereocenters. The van der Waals surface area contributed by atoms with Crippen LogP contribution in [0.4, 0.5) is 0 Å². The van der Waals surface area contributed by atoms with E-state index < -0.39 is 0 Å². The van der Waals surface area contributed by atoms with Crippen molar-refractivity contribution in [1.29, 1.82) is 0 Å². The predicted octanol–water partition coefficient (Wildman–Crippen LogP) is 3.56. The van der Waals surface area contributed by atoms with Gasteiger partial charge in [0, 0.05) is 7.11 Å². The maximum Gasteiger partial charge on any atom is 0.188 e. The minimum atomic E-state index is 0.280. The Balaban J connectivity index is 2.96. The molecule has 78 valence electrons. The molecule has 3 heteroatoms. The van der Waals surface area contributed by atoms with Crippen LogP contribution in [0.25, 0.3) is 0 Å². The van der Waals surface area contributed by atoms with Crippen molar-refractivity contribution in [3.05, 3.63) is 28.2 Å². The quantitative estimate of drug-likeness (QED) is 0.770. The van der Waals surface area contributed by atoms with E-state index in [0.717, 1.165) is 10.2 Å². The third kappa shape index (κ3) is 2.72. The normalized spacial score (nSPS) is 10.6. The number of halogens is 1. The summed E-state index contributed by atoms with van der Waals surface area (Å²) >= 11 is 3.47. The van der Waals surface area contributed by atoms with Crippen molar-refractivity contribution in [1.82, 2.24) is 0 Å². The first kappa shape index (κ1) is 11.5. The van der Waals surface area contributed by atoms with E-state index in [2.05, 4.69) is 35.8 Å². The smallest absolute Gasteiger partial charge is 0.188 e. The Bertz CT molecular complexity index is 297. The maximum absolute atomic E-state index is 5.51. The molecule has 0 saturated carbocycles. The van der Waals surface area contributed by atoms with Gasteiger partial charge in [0.25, 0.3) is 0 Å². The van der Waals surface area contributed by atoms with E-state index in [4.69, 9.17) is 9.47 Å². The Kier molecular flexibility index (Phi) is 4.42. The first-order chi connectivity index (χ1) is 6.66. The third-order valence-corrected chi connectivity index (χ3v) is 2.57. The highest BCUT2D eigenvalue weighted by molar-refractivity contribution is 9.10. The predicted molar refractivity (Wildman–Crippen MR) is 60.7 cm³/mol. The molecule has 0 bridgehead atoms. The van der Waals surface area contributed by atoms with Gasteiger partial charge in [0.2, 0.25) is 0 Å². The second kappa shape index (κ2) is 5.37. The molecule has 1 aromatic rings. The number of hydrogen-bond acceptors (Lipinski definition) is 2. The lowest BCUT2D eigenvalue weighted by Gasteiger charge is -2.14. The van der Waals surface area contributed by atoms with E-state index in [9.17, 15) is 0 Å². The summed E-state index contributed by atoms with van der Waals surface area (Å²) in [6.07, 6.45) is 0. The van der Waals surface area contributed by atoms with Crippen LogP contribution in [-0.4, -0.2) is 13.9 Å². The largest absolute Gasteiger partial charge is 0.466 e. The molecular weight excluding hydrogens is 244 g/mol. The van der Waals surface area contributed by atoms with Crippen molar-refractivity contribution >= 4 is 15.9 Å². The summed E-state index contributed by atoms with van der Waals surface area (Å²) < 4.78 is 11.4. The molecule has 0 N–H and O–H groups in total. The van der Waals surface area contributed by atoms with Gasteiger partial charge in [-0.15, -0.1) is 0 Å². The topological polar surface area (TPSA) is 18.5 Å². The molecule has 2 nitrogen and oxygen atoms in total. The summed E-state index contributed by atoms with van der Waals surface area (Å²) in [7, 11) is 1.62. The average molecular weight is 259 g/mol. The molecule has 0 spiro atoms. The Morgan fingerprint density at radius 2 is 2.07 bits per heavy atom. The molecule has 1 aromatic carbocycles. The molecule has 0 heterocycles. The molecule has 0 aliphatic rings. The van der Waals surface area contributed by atoms with E-state index >= 15 is 0 Å². The van der Waals surface area contributed by atoms with Crippen LogP contribution >= 0.6 is 15.9 Å². The summed E-state index contributed by atoms with van der Waals surface area (Å²) in [5.74, 6) is 1.32.